The molecule has 0 spiro atoms. The lowest BCUT2D eigenvalue weighted by Crippen LogP contribution is -2.50. The molecule has 0 aromatic heterocycles. The number of rotatable bonds is 2. The van der Waals surface area contributed by atoms with E-state index in [1.165, 1.54) is 0 Å². The number of aliphatic hydroxyl groups is 1. The van der Waals surface area contributed by atoms with Crippen LogP contribution in [0.2, 0.25) is 5.02 Å². The van der Waals surface area contributed by atoms with Crippen molar-refractivity contribution in [3.05, 3.63) is 32.4 Å². The van der Waals surface area contributed by atoms with Gasteiger partial charge >= 0.3 is 0 Å². The van der Waals surface area contributed by atoms with Crippen LogP contribution in [0.5, 0.6) is 0 Å². The van der Waals surface area contributed by atoms with Crippen molar-refractivity contribution in [2.45, 2.75) is 6.04 Å². The first kappa shape index (κ1) is 14.0. The second-order valence-corrected chi connectivity index (χ2v) is 5.61. The van der Waals surface area contributed by atoms with Gasteiger partial charge in [-0.1, -0.05) is 11.6 Å². The smallest absolute Gasteiger partial charge is 0.254 e. The molecule has 1 saturated heterocycles. The van der Waals surface area contributed by atoms with Gasteiger partial charge in [0.05, 0.1) is 30.9 Å². The predicted octanol–water partition coefficient (Wildman–Crippen LogP) is 1.78. The van der Waals surface area contributed by atoms with Gasteiger partial charge in [0.2, 0.25) is 0 Å². The average Bonchev–Trinajstić information content (AvgIpc) is 2.41. The summed E-state index contributed by atoms with van der Waals surface area (Å²) in [6.07, 6.45) is 0. The zero-order valence-corrected chi connectivity index (χ0v) is 12.5. The molecule has 6 heteroatoms. The largest absolute Gasteiger partial charge is 0.394 e. The van der Waals surface area contributed by atoms with Gasteiger partial charge < -0.3 is 14.7 Å². The molecular weight excluding hydrogens is 368 g/mol. The van der Waals surface area contributed by atoms with E-state index in [4.69, 9.17) is 16.3 Å². The molecule has 0 radical (unpaired) electrons. The van der Waals surface area contributed by atoms with E-state index in [1.807, 2.05) is 6.07 Å². The van der Waals surface area contributed by atoms with Gasteiger partial charge in [0, 0.05) is 15.7 Å². The van der Waals surface area contributed by atoms with Gasteiger partial charge in [0.1, 0.15) is 0 Å². The third-order valence-electron chi connectivity index (χ3n) is 2.87. The number of aliphatic hydroxyl groups excluding tert-OH is 1. The van der Waals surface area contributed by atoms with Crippen molar-refractivity contribution in [2.75, 3.05) is 26.4 Å². The molecule has 0 saturated carbocycles. The monoisotopic (exact) mass is 381 g/mol. The fraction of sp³-hybridized carbons (Fsp3) is 0.417. The normalized spacial score (nSPS) is 19.9. The van der Waals surface area contributed by atoms with E-state index in [0.717, 1.165) is 3.57 Å². The molecule has 1 aliphatic rings. The molecule has 2 rings (SSSR count). The topological polar surface area (TPSA) is 49.8 Å². The highest BCUT2D eigenvalue weighted by Gasteiger charge is 2.27. The van der Waals surface area contributed by atoms with Crippen molar-refractivity contribution in [3.8, 4) is 0 Å². The molecule has 1 unspecified atom stereocenters. The Morgan fingerprint density at radius 2 is 2.39 bits per heavy atom. The maximum absolute atomic E-state index is 12.3. The average molecular weight is 382 g/mol. The first-order valence-corrected chi connectivity index (χ1v) is 7.03. The summed E-state index contributed by atoms with van der Waals surface area (Å²) in [5.41, 5.74) is 0.542. The number of ether oxygens (including phenoxy) is 1. The van der Waals surface area contributed by atoms with E-state index in [9.17, 15) is 9.90 Å². The lowest BCUT2D eigenvalue weighted by atomic mass is 10.1. The molecule has 4 nitrogen and oxygen atoms in total. The molecule has 1 aliphatic heterocycles. The highest BCUT2D eigenvalue weighted by atomic mass is 127. The van der Waals surface area contributed by atoms with Crippen LogP contribution in [-0.4, -0.2) is 48.3 Å². The summed E-state index contributed by atoms with van der Waals surface area (Å²) < 4.78 is 6.16. The molecule has 1 amide bonds. The van der Waals surface area contributed by atoms with Gasteiger partial charge in [-0.25, -0.2) is 0 Å². The van der Waals surface area contributed by atoms with Crippen LogP contribution in [0.1, 0.15) is 10.4 Å². The Morgan fingerprint density at radius 3 is 3.06 bits per heavy atom. The first-order chi connectivity index (χ1) is 8.63. The summed E-state index contributed by atoms with van der Waals surface area (Å²) in [5, 5.41) is 9.82. The summed E-state index contributed by atoms with van der Waals surface area (Å²) in [6, 6.07) is 4.95. The SMILES string of the molecule is O=C(c1ccc(I)c(Cl)c1)N1CCOCC1CO. The van der Waals surface area contributed by atoms with E-state index < -0.39 is 0 Å². The van der Waals surface area contributed by atoms with Crippen molar-refractivity contribution < 1.29 is 14.6 Å². The van der Waals surface area contributed by atoms with Crippen molar-refractivity contribution in [2.24, 2.45) is 0 Å². The van der Waals surface area contributed by atoms with Crippen molar-refractivity contribution in [1.82, 2.24) is 4.90 Å². The first-order valence-electron chi connectivity index (χ1n) is 5.58. The third kappa shape index (κ3) is 2.96. The molecule has 1 N–H and O–H groups in total. The number of carbonyl (C=O) groups is 1. The second-order valence-electron chi connectivity index (χ2n) is 4.04. The lowest BCUT2D eigenvalue weighted by Gasteiger charge is -2.34. The molecule has 1 fully saturated rings. The molecule has 1 aromatic carbocycles. The van der Waals surface area contributed by atoms with Crippen molar-refractivity contribution >= 4 is 40.1 Å². The Hall–Kier alpha value is -0.370. The van der Waals surface area contributed by atoms with Crippen LogP contribution in [0, 0.1) is 3.57 Å². The van der Waals surface area contributed by atoms with Crippen LogP contribution in [0.25, 0.3) is 0 Å². The standard InChI is InChI=1S/C12H13ClINO3/c13-10-5-8(1-2-11(10)14)12(17)15-3-4-18-7-9(15)6-16/h1-2,5,9,16H,3-4,6-7H2. The van der Waals surface area contributed by atoms with E-state index in [1.54, 1.807) is 17.0 Å². The van der Waals surface area contributed by atoms with Crippen molar-refractivity contribution in [3.63, 3.8) is 0 Å². The van der Waals surface area contributed by atoms with E-state index in [0.29, 0.717) is 30.3 Å². The molecular formula is C12H13ClINO3. The number of amides is 1. The Labute approximate surface area is 124 Å². The van der Waals surface area contributed by atoms with E-state index >= 15 is 0 Å². The molecule has 0 aliphatic carbocycles. The molecule has 0 bridgehead atoms. The number of benzene rings is 1. The van der Waals surface area contributed by atoms with Gasteiger partial charge in [-0.3, -0.25) is 4.79 Å². The van der Waals surface area contributed by atoms with Crippen molar-refractivity contribution in [1.29, 1.82) is 0 Å². The number of morpholine rings is 1. The predicted molar refractivity (Wildman–Crippen MR) is 76.9 cm³/mol. The lowest BCUT2D eigenvalue weighted by molar-refractivity contribution is -0.0183. The van der Waals surface area contributed by atoms with Crippen LogP contribution in [0.4, 0.5) is 0 Å². The molecule has 98 valence electrons. The van der Waals surface area contributed by atoms with Gasteiger partial charge in [-0.2, -0.15) is 0 Å². The van der Waals surface area contributed by atoms with E-state index in [2.05, 4.69) is 22.6 Å². The van der Waals surface area contributed by atoms with Gasteiger partial charge in [0.15, 0.2) is 0 Å². The second kappa shape index (κ2) is 6.18. The highest BCUT2D eigenvalue weighted by molar-refractivity contribution is 14.1. The number of hydrogen-bond acceptors (Lipinski definition) is 3. The van der Waals surface area contributed by atoms with Gasteiger partial charge in [-0.05, 0) is 40.8 Å². The minimum Gasteiger partial charge on any atom is -0.394 e. The van der Waals surface area contributed by atoms with Crippen LogP contribution < -0.4 is 0 Å². The summed E-state index contributed by atoms with van der Waals surface area (Å²) in [7, 11) is 0. The van der Waals surface area contributed by atoms with Gasteiger partial charge in [0.25, 0.3) is 5.91 Å². The maximum atomic E-state index is 12.3. The Kier molecular flexibility index (Phi) is 4.83. The number of halogens is 2. The Balaban J connectivity index is 2.21. The number of nitrogens with zero attached hydrogens (tertiary/aromatic N) is 1. The number of hydrogen-bond donors (Lipinski definition) is 1. The fourth-order valence-electron chi connectivity index (χ4n) is 1.87. The van der Waals surface area contributed by atoms with Crippen LogP contribution >= 0.6 is 34.2 Å². The Bertz CT molecular complexity index is 455. The zero-order chi connectivity index (χ0) is 13.1. The maximum Gasteiger partial charge on any atom is 0.254 e. The number of carbonyl (C=O) groups excluding carboxylic acids is 1. The summed E-state index contributed by atoms with van der Waals surface area (Å²) >= 11 is 8.13. The quantitative estimate of drug-likeness (QED) is 0.795. The fourth-order valence-corrected chi connectivity index (χ4v) is 2.38. The Morgan fingerprint density at radius 1 is 1.61 bits per heavy atom. The van der Waals surface area contributed by atoms with Crippen LogP contribution in [-0.2, 0) is 4.74 Å². The van der Waals surface area contributed by atoms with Crippen LogP contribution in [0.3, 0.4) is 0 Å². The van der Waals surface area contributed by atoms with Crippen LogP contribution in [0.15, 0.2) is 18.2 Å². The van der Waals surface area contributed by atoms with Gasteiger partial charge in [-0.15, -0.1) is 0 Å². The van der Waals surface area contributed by atoms with E-state index in [-0.39, 0.29) is 18.6 Å². The summed E-state index contributed by atoms with van der Waals surface area (Å²) in [6.45, 7) is 1.28. The zero-order valence-electron chi connectivity index (χ0n) is 9.60. The molecule has 1 heterocycles. The summed E-state index contributed by atoms with van der Waals surface area (Å²) in [4.78, 5) is 14.0. The molecule has 1 atom stereocenters. The minimum atomic E-state index is -0.274. The molecule has 18 heavy (non-hydrogen) atoms. The third-order valence-corrected chi connectivity index (χ3v) is 4.44. The minimum absolute atomic E-state index is 0.0934. The molecule has 1 aromatic rings. The summed E-state index contributed by atoms with van der Waals surface area (Å²) in [5.74, 6) is -0.115. The highest BCUT2D eigenvalue weighted by Crippen LogP contribution is 2.21.